The number of nitrogens with one attached hydrogen (secondary N) is 1. The van der Waals surface area contributed by atoms with Gasteiger partial charge in [-0.2, -0.15) is 0 Å². The van der Waals surface area contributed by atoms with Gasteiger partial charge >= 0.3 is 5.97 Å². The summed E-state index contributed by atoms with van der Waals surface area (Å²) in [5.41, 5.74) is 3.94. The van der Waals surface area contributed by atoms with E-state index in [-0.39, 0.29) is 5.97 Å². The number of carbonyl (C=O) groups excluding carboxylic acids is 1. The maximum absolute atomic E-state index is 12.1. The van der Waals surface area contributed by atoms with E-state index in [4.69, 9.17) is 37.4 Å². The van der Waals surface area contributed by atoms with Gasteiger partial charge < -0.3 is 19.5 Å². The SMILES string of the molecule is CCOC(=O)c1ccc2nc(N3CCC(NCc4c(-c5c(Cl)cccc5Cl)noc4C4CC4)C3)sc2c1. The molecule has 2 aromatic heterocycles. The van der Waals surface area contributed by atoms with Gasteiger partial charge in [-0.3, -0.25) is 0 Å². The van der Waals surface area contributed by atoms with E-state index in [9.17, 15) is 4.79 Å². The van der Waals surface area contributed by atoms with Crippen LogP contribution >= 0.6 is 34.5 Å². The minimum atomic E-state index is -0.304. The van der Waals surface area contributed by atoms with E-state index >= 15 is 0 Å². The highest BCUT2D eigenvalue weighted by atomic mass is 35.5. The molecule has 0 amide bonds. The number of carbonyl (C=O) groups is 1. The summed E-state index contributed by atoms with van der Waals surface area (Å²) in [7, 11) is 0. The zero-order valence-electron chi connectivity index (χ0n) is 20.3. The Balaban J connectivity index is 1.17. The van der Waals surface area contributed by atoms with Gasteiger partial charge in [0.1, 0.15) is 11.5 Å². The summed E-state index contributed by atoms with van der Waals surface area (Å²) in [6.45, 7) is 4.55. The molecule has 0 radical (unpaired) electrons. The van der Waals surface area contributed by atoms with Crippen molar-refractivity contribution in [1.29, 1.82) is 0 Å². The Hall–Kier alpha value is -2.65. The molecule has 3 heterocycles. The molecule has 37 heavy (non-hydrogen) atoms. The Kier molecular flexibility index (Phi) is 6.84. The Morgan fingerprint density at radius 3 is 2.78 bits per heavy atom. The summed E-state index contributed by atoms with van der Waals surface area (Å²) in [5, 5.41) is 10.2. The fourth-order valence-electron chi connectivity index (χ4n) is 4.82. The van der Waals surface area contributed by atoms with Crippen molar-refractivity contribution in [3.05, 3.63) is 63.3 Å². The zero-order valence-corrected chi connectivity index (χ0v) is 22.6. The predicted octanol–water partition coefficient (Wildman–Crippen LogP) is 6.68. The fraction of sp³-hybridized carbons (Fsp3) is 0.370. The van der Waals surface area contributed by atoms with Crippen molar-refractivity contribution in [2.45, 2.75) is 44.7 Å². The number of aromatic nitrogens is 2. The minimum absolute atomic E-state index is 0.290. The Morgan fingerprint density at radius 1 is 1.22 bits per heavy atom. The van der Waals surface area contributed by atoms with Crippen LogP contribution in [0, 0.1) is 0 Å². The van der Waals surface area contributed by atoms with Crippen LogP contribution in [0.3, 0.4) is 0 Å². The topological polar surface area (TPSA) is 80.5 Å². The summed E-state index contributed by atoms with van der Waals surface area (Å²) < 4.78 is 11.9. The van der Waals surface area contributed by atoms with Crippen molar-refractivity contribution in [3.63, 3.8) is 0 Å². The molecule has 10 heteroatoms. The Bertz CT molecular complexity index is 1450. The lowest BCUT2D eigenvalue weighted by Gasteiger charge is -2.16. The van der Waals surface area contributed by atoms with Crippen LogP contribution in [0.2, 0.25) is 10.0 Å². The van der Waals surface area contributed by atoms with E-state index in [1.54, 1.807) is 17.4 Å². The molecule has 0 spiro atoms. The van der Waals surface area contributed by atoms with Crippen molar-refractivity contribution in [2.75, 3.05) is 24.6 Å². The molecule has 1 saturated heterocycles. The smallest absolute Gasteiger partial charge is 0.338 e. The van der Waals surface area contributed by atoms with Crippen LogP contribution in [-0.2, 0) is 11.3 Å². The third kappa shape index (κ3) is 4.95. The zero-order chi connectivity index (χ0) is 25.5. The monoisotopic (exact) mass is 556 g/mol. The molecule has 1 aliphatic heterocycles. The van der Waals surface area contributed by atoms with Crippen molar-refractivity contribution in [3.8, 4) is 11.3 Å². The number of hydrogen-bond donors (Lipinski definition) is 1. The number of rotatable bonds is 8. The van der Waals surface area contributed by atoms with E-state index in [1.807, 2.05) is 37.3 Å². The van der Waals surface area contributed by atoms with E-state index in [1.165, 1.54) is 0 Å². The number of hydrogen-bond acceptors (Lipinski definition) is 8. The Labute approximate surface area is 228 Å². The molecule has 2 aliphatic rings. The normalized spacial score (nSPS) is 17.6. The predicted molar refractivity (Wildman–Crippen MR) is 147 cm³/mol. The summed E-state index contributed by atoms with van der Waals surface area (Å²) in [6, 6.07) is 11.3. The highest BCUT2D eigenvalue weighted by molar-refractivity contribution is 7.22. The molecule has 4 aromatic rings. The first-order valence-corrected chi connectivity index (χ1v) is 14.1. The minimum Gasteiger partial charge on any atom is -0.462 e. The molecule has 6 rings (SSSR count). The number of esters is 1. The number of anilines is 1. The van der Waals surface area contributed by atoms with Crippen LogP contribution in [-0.4, -0.2) is 41.8 Å². The Morgan fingerprint density at radius 2 is 2.03 bits per heavy atom. The molecule has 1 N–H and O–H groups in total. The van der Waals surface area contributed by atoms with Crippen LogP contribution < -0.4 is 10.2 Å². The van der Waals surface area contributed by atoms with Crippen LogP contribution in [0.4, 0.5) is 5.13 Å². The molecule has 1 atom stereocenters. The van der Waals surface area contributed by atoms with Gasteiger partial charge in [-0.1, -0.05) is 45.8 Å². The lowest BCUT2D eigenvalue weighted by atomic mass is 10.0. The number of halogens is 2. The van der Waals surface area contributed by atoms with Crippen molar-refractivity contribution < 1.29 is 14.1 Å². The molecule has 0 bridgehead atoms. The molecule has 1 aliphatic carbocycles. The summed E-state index contributed by atoms with van der Waals surface area (Å²) in [4.78, 5) is 19.2. The second kappa shape index (κ2) is 10.3. The average molecular weight is 558 g/mol. The van der Waals surface area contributed by atoms with Crippen LogP contribution in [0.1, 0.15) is 53.8 Å². The number of fused-ring (bicyclic) bond motifs is 1. The van der Waals surface area contributed by atoms with Crippen LogP contribution in [0.5, 0.6) is 0 Å². The van der Waals surface area contributed by atoms with Gasteiger partial charge in [0.15, 0.2) is 5.13 Å². The molecular formula is C27H26Cl2N4O3S. The largest absolute Gasteiger partial charge is 0.462 e. The van der Waals surface area contributed by atoms with Crippen LogP contribution in [0.15, 0.2) is 40.9 Å². The lowest BCUT2D eigenvalue weighted by Crippen LogP contribution is -2.32. The first-order valence-electron chi connectivity index (χ1n) is 12.5. The maximum atomic E-state index is 12.1. The molecule has 192 valence electrons. The van der Waals surface area contributed by atoms with Gasteiger partial charge in [-0.25, -0.2) is 9.78 Å². The van der Waals surface area contributed by atoms with Crippen molar-refractivity contribution in [2.24, 2.45) is 0 Å². The standard InChI is InChI=1S/C27H26Cl2N4O3S/c1-2-35-26(34)16-8-9-21-22(12-16)37-27(31-21)33-11-10-17(14-33)30-13-18-24(32-36-25(18)15-6-7-15)23-19(28)4-3-5-20(23)29/h3-5,8-9,12,15,17,30H,2,6-7,10-11,13-14H2,1H3. The van der Waals surface area contributed by atoms with Gasteiger partial charge in [0.05, 0.1) is 32.4 Å². The van der Waals surface area contributed by atoms with E-state index in [2.05, 4.69) is 15.4 Å². The first kappa shape index (κ1) is 24.7. The van der Waals surface area contributed by atoms with E-state index in [0.29, 0.717) is 40.7 Å². The quantitative estimate of drug-likeness (QED) is 0.242. The second-order valence-electron chi connectivity index (χ2n) is 9.46. The number of thiazole rings is 1. The summed E-state index contributed by atoms with van der Waals surface area (Å²) in [6.07, 6.45) is 3.23. The van der Waals surface area contributed by atoms with Gasteiger partial charge in [-0.05, 0) is 56.5 Å². The van der Waals surface area contributed by atoms with Gasteiger partial charge in [-0.15, -0.1) is 0 Å². The van der Waals surface area contributed by atoms with Crippen molar-refractivity contribution >= 4 is 55.9 Å². The molecule has 7 nitrogen and oxygen atoms in total. The highest BCUT2D eigenvalue weighted by Crippen LogP contribution is 2.46. The second-order valence-corrected chi connectivity index (χ2v) is 11.3. The molecule has 1 saturated carbocycles. The van der Waals surface area contributed by atoms with E-state index in [0.717, 1.165) is 70.3 Å². The number of benzene rings is 2. The third-order valence-electron chi connectivity index (χ3n) is 6.88. The number of nitrogens with zero attached hydrogens (tertiary/aromatic N) is 3. The lowest BCUT2D eigenvalue weighted by molar-refractivity contribution is 0.0526. The molecule has 1 unspecified atom stereocenters. The van der Waals surface area contributed by atoms with Crippen LogP contribution in [0.25, 0.3) is 21.5 Å². The average Bonchev–Trinajstić information content (AvgIpc) is 3.27. The fourth-order valence-corrected chi connectivity index (χ4v) is 6.43. The van der Waals surface area contributed by atoms with Gasteiger partial charge in [0.2, 0.25) is 0 Å². The third-order valence-corrected chi connectivity index (χ3v) is 8.59. The maximum Gasteiger partial charge on any atom is 0.338 e. The highest BCUT2D eigenvalue weighted by Gasteiger charge is 2.34. The summed E-state index contributed by atoms with van der Waals surface area (Å²) in [5.74, 6) is 1.06. The molecule has 2 aromatic carbocycles. The van der Waals surface area contributed by atoms with Gasteiger partial charge in [0.25, 0.3) is 0 Å². The molecular weight excluding hydrogens is 531 g/mol. The first-order chi connectivity index (χ1) is 18.0. The van der Waals surface area contributed by atoms with E-state index < -0.39 is 0 Å². The molecule has 2 fully saturated rings. The number of ether oxygens (including phenoxy) is 1. The summed E-state index contributed by atoms with van der Waals surface area (Å²) >= 11 is 14.6. The van der Waals surface area contributed by atoms with Gasteiger partial charge in [0, 0.05) is 42.7 Å². The van der Waals surface area contributed by atoms with Crippen molar-refractivity contribution in [1.82, 2.24) is 15.5 Å².